The minimum Gasteiger partial charge on any atom is -0.508 e. The van der Waals surface area contributed by atoms with Gasteiger partial charge in [-0.25, -0.2) is 0 Å². The molecular formula is C13H10ClNO2S. The molecule has 0 unspecified atom stereocenters. The van der Waals surface area contributed by atoms with Crippen molar-refractivity contribution in [2.75, 3.05) is 0 Å². The van der Waals surface area contributed by atoms with Crippen molar-refractivity contribution in [1.29, 1.82) is 0 Å². The molecule has 0 radical (unpaired) electrons. The fraction of sp³-hybridized carbons (Fsp3) is 0. The second-order valence-electron chi connectivity index (χ2n) is 3.53. The predicted molar refractivity (Wildman–Crippen MR) is 72.9 cm³/mol. The average molecular weight is 280 g/mol. The van der Waals surface area contributed by atoms with Crippen LogP contribution in [-0.4, -0.2) is 11.0 Å². The number of hydrogen-bond donors (Lipinski definition) is 2. The summed E-state index contributed by atoms with van der Waals surface area (Å²) < 4.78 is 2.71. The van der Waals surface area contributed by atoms with Crippen LogP contribution >= 0.6 is 23.5 Å². The van der Waals surface area contributed by atoms with E-state index in [-0.39, 0.29) is 11.7 Å². The molecule has 2 aromatic carbocycles. The van der Waals surface area contributed by atoms with Crippen LogP contribution in [0.2, 0.25) is 5.02 Å². The first-order valence-electron chi connectivity index (χ1n) is 5.17. The lowest BCUT2D eigenvalue weighted by Crippen LogP contribution is -2.15. The van der Waals surface area contributed by atoms with Gasteiger partial charge in [-0.05, 0) is 60.5 Å². The standard InChI is InChI=1S/C13H10ClNO2S/c14-10-3-1-9(2-4-10)13(17)15-18-12-7-5-11(16)6-8-12/h1-8,16H,(H,15,17). The van der Waals surface area contributed by atoms with Gasteiger partial charge < -0.3 is 5.11 Å². The van der Waals surface area contributed by atoms with Crippen LogP contribution in [0.3, 0.4) is 0 Å². The minimum atomic E-state index is -0.190. The van der Waals surface area contributed by atoms with Gasteiger partial charge in [-0.2, -0.15) is 0 Å². The zero-order valence-electron chi connectivity index (χ0n) is 9.26. The van der Waals surface area contributed by atoms with Crippen molar-refractivity contribution >= 4 is 29.5 Å². The molecule has 0 atom stereocenters. The van der Waals surface area contributed by atoms with Crippen molar-refractivity contribution in [2.24, 2.45) is 0 Å². The Labute approximate surface area is 114 Å². The maximum absolute atomic E-state index is 11.8. The van der Waals surface area contributed by atoms with Gasteiger partial charge in [-0.3, -0.25) is 9.52 Å². The highest BCUT2D eigenvalue weighted by atomic mass is 35.5. The van der Waals surface area contributed by atoms with E-state index in [1.807, 2.05) is 0 Å². The van der Waals surface area contributed by atoms with Crippen molar-refractivity contribution in [3.05, 3.63) is 59.1 Å². The molecular weight excluding hydrogens is 270 g/mol. The van der Waals surface area contributed by atoms with Crippen LogP contribution in [0.15, 0.2) is 53.4 Å². The van der Waals surface area contributed by atoms with E-state index in [0.717, 1.165) is 4.90 Å². The summed E-state index contributed by atoms with van der Waals surface area (Å²) in [5, 5.41) is 9.72. The maximum atomic E-state index is 11.8. The fourth-order valence-corrected chi connectivity index (χ4v) is 2.01. The van der Waals surface area contributed by atoms with Gasteiger partial charge in [0.1, 0.15) is 5.75 Å². The number of hydrogen-bond acceptors (Lipinski definition) is 3. The zero-order valence-corrected chi connectivity index (χ0v) is 10.8. The SMILES string of the molecule is O=C(NSc1ccc(O)cc1)c1ccc(Cl)cc1. The van der Waals surface area contributed by atoms with Crippen molar-refractivity contribution < 1.29 is 9.90 Å². The highest BCUT2D eigenvalue weighted by Crippen LogP contribution is 2.18. The summed E-state index contributed by atoms with van der Waals surface area (Å²) in [6.45, 7) is 0. The molecule has 0 saturated carbocycles. The first-order valence-corrected chi connectivity index (χ1v) is 6.36. The van der Waals surface area contributed by atoms with Gasteiger partial charge in [0.15, 0.2) is 0 Å². The second-order valence-corrected chi connectivity index (χ2v) is 4.85. The monoisotopic (exact) mass is 279 g/mol. The summed E-state index contributed by atoms with van der Waals surface area (Å²) in [4.78, 5) is 12.6. The number of aromatic hydroxyl groups is 1. The highest BCUT2D eigenvalue weighted by molar-refractivity contribution is 7.98. The van der Waals surface area contributed by atoms with Crippen LogP contribution in [0.1, 0.15) is 10.4 Å². The third-order valence-electron chi connectivity index (χ3n) is 2.20. The lowest BCUT2D eigenvalue weighted by Gasteiger charge is -2.04. The molecule has 5 heteroatoms. The molecule has 18 heavy (non-hydrogen) atoms. The van der Waals surface area contributed by atoms with E-state index in [1.165, 1.54) is 11.9 Å². The minimum absolute atomic E-state index is 0.190. The van der Waals surface area contributed by atoms with Crippen LogP contribution in [0, 0.1) is 0 Å². The largest absolute Gasteiger partial charge is 0.508 e. The number of rotatable bonds is 3. The van der Waals surface area contributed by atoms with Gasteiger partial charge in [0.2, 0.25) is 0 Å². The Morgan fingerprint density at radius 2 is 1.67 bits per heavy atom. The Balaban J connectivity index is 1.96. The number of phenols is 1. The maximum Gasteiger partial charge on any atom is 0.261 e. The molecule has 2 rings (SSSR count). The summed E-state index contributed by atoms with van der Waals surface area (Å²) >= 11 is 6.94. The first-order chi connectivity index (χ1) is 8.65. The topological polar surface area (TPSA) is 49.3 Å². The van der Waals surface area contributed by atoms with Crippen LogP contribution in [0.4, 0.5) is 0 Å². The molecule has 0 fully saturated rings. The number of benzene rings is 2. The van der Waals surface area contributed by atoms with Gasteiger partial charge in [0.05, 0.1) is 0 Å². The van der Waals surface area contributed by atoms with E-state index in [1.54, 1.807) is 48.5 Å². The molecule has 0 heterocycles. The first kappa shape index (κ1) is 12.8. The quantitative estimate of drug-likeness (QED) is 0.846. The molecule has 0 bridgehead atoms. The van der Waals surface area contributed by atoms with E-state index in [2.05, 4.69) is 4.72 Å². The lowest BCUT2D eigenvalue weighted by atomic mass is 10.2. The van der Waals surface area contributed by atoms with Gasteiger partial charge in [0.25, 0.3) is 5.91 Å². The van der Waals surface area contributed by atoms with E-state index < -0.39 is 0 Å². The Morgan fingerprint density at radius 3 is 2.28 bits per heavy atom. The van der Waals surface area contributed by atoms with E-state index >= 15 is 0 Å². The lowest BCUT2D eigenvalue weighted by molar-refractivity contribution is 0.0984. The Morgan fingerprint density at radius 1 is 1.06 bits per heavy atom. The summed E-state index contributed by atoms with van der Waals surface area (Å²) in [6.07, 6.45) is 0. The van der Waals surface area contributed by atoms with E-state index in [9.17, 15) is 4.79 Å². The molecule has 3 nitrogen and oxygen atoms in total. The van der Waals surface area contributed by atoms with Gasteiger partial charge >= 0.3 is 0 Å². The molecule has 2 aromatic rings. The molecule has 0 aromatic heterocycles. The Hall–Kier alpha value is -1.65. The Kier molecular flexibility index (Phi) is 4.12. The summed E-state index contributed by atoms with van der Waals surface area (Å²) in [7, 11) is 0. The summed E-state index contributed by atoms with van der Waals surface area (Å²) in [6, 6.07) is 13.2. The number of halogens is 1. The van der Waals surface area contributed by atoms with Crippen LogP contribution in [-0.2, 0) is 0 Å². The third-order valence-corrected chi connectivity index (χ3v) is 3.25. The molecule has 0 saturated heterocycles. The van der Waals surface area contributed by atoms with Crippen LogP contribution < -0.4 is 4.72 Å². The van der Waals surface area contributed by atoms with Crippen molar-refractivity contribution in [1.82, 2.24) is 4.72 Å². The van der Waals surface area contributed by atoms with Gasteiger partial charge in [-0.1, -0.05) is 11.6 Å². The normalized spacial score (nSPS) is 10.1. The predicted octanol–water partition coefficient (Wildman–Crippen LogP) is 3.48. The van der Waals surface area contributed by atoms with E-state index in [0.29, 0.717) is 10.6 Å². The zero-order chi connectivity index (χ0) is 13.0. The van der Waals surface area contributed by atoms with Crippen LogP contribution in [0.25, 0.3) is 0 Å². The number of amides is 1. The molecule has 0 spiro atoms. The molecule has 0 aliphatic carbocycles. The number of carbonyl (C=O) groups is 1. The number of phenolic OH excluding ortho intramolecular Hbond substituents is 1. The van der Waals surface area contributed by atoms with Gasteiger partial charge in [0, 0.05) is 15.5 Å². The van der Waals surface area contributed by atoms with E-state index in [4.69, 9.17) is 16.7 Å². The molecule has 92 valence electrons. The smallest absolute Gasteiger partial charge is 0.261 e. The molecule has 1 amide bonds. The molecule has 0 aliphatic rings. The third kappa shape index (κ3) is 3.42. The van der Waals surface area contributed by atoms with Crippen LogP contribution in [0.5, 0.6) is 5.75 Å². The Bertz CT molecular complexity index is 540. The molecule has 2 N–H and O–H groups in total. The summed E-state index contributed by atoms with van der Waals surface area (Å²) in [5.74, 6) is 0.00752. The molecule has 0 aliphatic heterocycles. The van der Waals surface area contributed by atoms with Crippen molar-refractivity contribution in [3.8, 4) is 5.75 Å². The van der Waals surface area contributed by atoms with Crippen molar-refractivity contribution in [2.45, 2.75) is 4.90 Å². The number of nitrogens with one attached hydrogen (secondary N) is 1. The van der Waals surface area contributed by atoms with Crippen molar-refractivity contribution in [3.63, 3.8) is 0 Å². The van der Waals surface area contributed by atoms with Gasteiger partial charge in [-0.15, -0.1) is 0 Å². The summed E-state index contributed by atoms with van der Waals surface area (Å²) in [5.41, 5.74) is 0.547. The second kappa shape index (κ2) is 5.80. The fourth-order valence-electron chi connectivity index (χ4n) is 1.28. The highest BCUT2D eigenvalue weighted by Gasteiger charge is 2.05. The number of carbonyl (C=O) groups excluding carboxylic acids is 1. The average Bonchev–Trinajstić information content (AvgIpc) is 2.38.